The summed E-state index contributed by atoms with van der Waals surface area (Å²) >= 11 is 0. The number of phenolic OH excluding ortho intramolecular Hbond substituents is 2. The number of benzene rings is 4. The van der Waals surface area contributed by atoms with Crippen molar-refractivity contribution < 1.29 is 24.5 Å². The Kier molecular flexibility index (Phi) is 5.49. The van der Waals surface area contributed by atoms with Crippen LogP contribution in [-0.4, -0.2) is 21.8 Å². The molecule has 152 valence electrons. The Hall–Kier alpha value is -4.38. The molecule has 5 heteroatoms. The summed E-state index contributed by atoms with van der Waals surface area (Å²) in [6, 6.07) is 25.6. The minimum atomic E-state index is -0.180. The molecule has 4 aromatic rings. The third kappa shape index (κ3) is 4.62. The standard InChI is InChI=1S/C26H18O5/c27-21-10-4-17(5-11-21)25(29)19-8-14-23(15-9-19)31-24-3-1-2-20(16-24)26(30)18-6-12-22(28)13-7-18/h1-16,27-28H. The highest BCUT2D eigenvalue weighted by Gasteiger charge is 2.12. The highest BCUT2D eigenvalue weighted by atomic mass is 16.5. The molecule has 0 saturated heterocycles. The van der Waals surface area contributed by atoms with Crippen LogP contribution in [0.1, 0.15) is 31.8 Å². The average molecular weight is 410 g/mol. The van der Waals surface area contributed by atoms with Crippen molar-refractivity contribution in [1.29, 1.82) is 0 Å². The van der Waals surface area contributed by atoms with Gasteiger partial charge in [-0.2, -0.15) is 0 Å². The molecule has 0 bridgehead atoms. The van der Waals surface area contributed by atoms with Crippen LogP contribution in [0, 0.1) is 0 Å². The number of hydrogen-bond donors (Lipinski definition) is 2. The highest BCUT2D eigenvalue weighted by Crippen LogP contribution is 2.25. The van der Waals surface area contributed by atoms with Gasteiger partial charge in [0.15, 0.2) is 11.6 Å². The number of hydrogen-bond acceptors (Lipinski definition) is 5. The van der Waals surface area contributed by atoms with E-state index in [1.807, 2.05) is 0 Å². The van der Waals surface area contributed by atoms with Gasteiger partial charge in [-0.25, -0.2) is 0 Å². The first kappa shape index (κ1) is 19.9. The molecular weight excluding hydrogens is 392 g/mol. The van der Waals surface area contributed by atoms with Gasteiger partial charge >= 0.3 is 0 Å². The third-order valence-electron chi connectivity index (χ3n) is 4.71. The maximum atomic E-state index is 12.6. The zero-order valence-corrected chi connectivity index (χ0v) is 16.4. The molecule has 2 N–H and O–H groups in total. The predicted octanol–water partition coefficient (Wildman–Crippen LogP) is 5.35. The van der Waals surface area contributed by atoms with E-state index >= 15 is 0 Å². The molecule has 4 aromatic carbocycles. The molecule has 0 fully saturated rings. The van der Waals surface area contributed by atoms with Crippen molar-refractivity contribution in [1.82, 2.24) is 0 Å². The van der Waals surface area contributed by atoms with Gasteiger partial charge in [0, 0.05) is 22.3 Å². The molecule has 0 radical (unpaired) electrons. The van der Waals surface area contributed by atoms with Crippen LogP contribution in [-0.2, 0) is 0 Å². The van der Waals surface area contributed by atoms with Crippen molar-refractivity contribution in [2.75, 3.05) is 0 Å². The molecule has 0 unspecified atom stereocenters. The molecule has 0 atom stereocenters. The third-order valence-corrected chi connectivity index (χ3v) is 4.71. The van der Waals surface area contributed by atoms with E-state index in [0.29, 0.717) is 33.8 Å². The second-order valence-electron chi connectivity index (χ2n) is 6.91. The van der Waals surface area contributed by atoms with E-state index in [1.54, 1.807) is 72.8 Å². The average Bonchev–Trinajstić information content (AvgIpc) is 2.80. The lowest BCUT2D eigenvalue weighted by molar-refractivity contribution is 0.103. The summed E-state index contributed by atoms with van der Waals surface area (Å²) in [4.78, 5) is 25.2. The number of rotatable bonds is 6. The first-order valence-corrected chi connectivity index (χ1v) is 9.55. The van der Waals surface area contributed by atoms with E-state index in [4.69, 9.17) is 4.74 Å². The maximum absolute atomic E-state index is 12.6. The lowest BCUT2D eigenvalue weighted by Crippen LogP contribution is -2.01. The molecule has 0 aliphatic carbocycles. The molecule has 31 heavy (non-hydrogen) atoms. The number of aromatic hydroxyl groups is 2. The number of phenols is 2. The number of ether oxygens (including phenoxy) is 1. The van der Waals surface area contributed by atoms with Crippen LogP contribution < -0.4 is 4.74 Å². The van der Waals surface area contributed by atoms with Crippen LogP contribution in [0.4, 0.5) is 0 Å². The monoisotopic (exact) mass is 410 g/mol. The van der Waals surface area contributed by atoms with E-state index < -0.39 is 0 Å². The molecule has 0 aliphatic heterocycles. The zero-order chi connectivity index (χ0) is 21.8. The van der Waals surface area contributed by atoms with Crippen LogP contribution in [0.15, 0.2) is 97.1 Å². The van der Waals surface area contributed by atoms with Crippen molar-refractivity contribution >= 4 is 11.6 Å². The van der Waals surface area contributed by atoms with Gasteiger partial charge in [0.05, 0.1) is 0 Å². The summed E-state index contributed by atoms with van der Waals surface area (Å²) in [5.74, 6) is 0.874. The Bertz CT molecular complexity index is 1220. The van der Waals surface area contributed by atoms with E-state index in [9.17, 15) is 19.8 Å². The van der Waals surface area contributed by atoms with Gasteiger partial charge < -0.3 is 14.9 Å². The van der Waals surface area contributed by atoms with Crippen LogP contribution in [0.25, 0.3) is 0 Å². The second-order valence-corrected chi connectivity index (χ2v) is 6.91. The fourth-order valence-electron chi connectivity index (χ4n) is 3.07. The van der Waals surface area contributed by atoms with Gasteiger partial charge in [-0.05, 0) is 84.9 Å². The van der Waals surface area contributed by atoms with Crippen molar-refractivity contribution in [2.24, 2.45) is 0 Å². The summed E-state index contributed by atoms with van der Waals surface area (Å²) in [5.41, 5.74) is 1.90. The smallest absolute Gasteiger partial charge is 0.193 e. The van der Waals surface area contributed by atoms with Crippen LogP contribution in [0.2, 0.25) is 0 Å². The largest absolute Gasteiger partial charge is 0.508 e. The number of carbonyl (C=O) groups excluding carboxylic acids is 2. The lowest BCUT2D eigenvalue weighted by Gasteiger charge is -2.09. The van der Waals surface area contributed by atoms with Gasteiger partial charge in [-0.15, -0.1) is 0 Å². The van der Waals surface area contributed by atoms with E-state index in [-0.39, 0.29) is 23.1 Å². The zero-order valence-electron chi connectivity index (χ0n) is 16.4. The normalized spacial score (nSPS) is 10.5. The van der Waals surface area contributed by atoms with Gasteiger partial charge in [0.1, 0.15) is 23.0 Å². The van der Waals surface area contributed by atoms with Crippen LogP contribution >= 0.6 is 0 Å². The molecule has 5 nitrogen and oxygen atoms in total. The summed E-state index contributed by atoms with van der Waals surface area (Å²) in [6.07, 6.45) is 0. The second kappa shape index (κ2) is 8.55. The first-order valence-electron chi connectivity index (χ1n) is 9.55. The Balaban J connectivity index is 1.49. The lowest BCUT2D eigenvalue weighted by atomic mass is 10.0. The van der Waals surface area contributed by atoms with E-state index in [0.717, 1.165) is 0 Å². The fraction of sp³-hybridized carbons (Fsp3) is 0. The summed E-state index contributed by atoms with van der Waals surface area (Å²) in [5, 5.41) is 18.7. The van der Waals surface area contributed by atoms with Gasteiger partial charge in [0.25, 0.3) is 0 Å². The SMILES string of the molecule is O=C(c1ccc(O)cc1)c1ccc(Oc2cccc(C(=O)c3ccc(O)cc3)c2)cc1. The molecule has 0 saturated carbocycles. The van der Waals surface area contributed by atoms with E-state index in [1.165, 1.54) is 24.3 Å². The summed E-state index contributed by atoms with van der Waals surface area (Å²) in [6.45, 7) is 0. The Morgan fingerprint density at radius 2 is 0.968 bits per heavy atom. The fourth-order valence-corrected chi connectivity index (χ4v) is 3.07. The Morgan fingerprint density at radius 3 is 1.48 bits per heavy atom. The molecule has 0 aromatic heterocycles. The van der Waals surface area contributed by atoms with Gasteiger partial charge in [-0.1, -0.05) is 12.1 Å². The predicted molar refractivity (Wildman–Crippen MR) is 116 cm³/mol. The van der Waals surface area contributed by atoms with Crippen molar-refractivity contribution in [3.8, 4) is 23.0 Å². The Labute approximate surface area is 178 Å². The quantitative estimate of drug-likeness (QED) is 0.419. The summed E-state index contributed by atoms with van der Waals surface area (Å²) < 4.78 is 5.84. The van der Waals surface area contributed by atoms with Gasteiger partial charge in [-0.3, -0.25) is 9.59 Å². The minimum absolute atomic E-state index is 0.0981. The van der Waals surface area contributed by atoms with Crippen molar-refractivity contribution in [3.05, 3.63) is 119 Å². The van der Waals surface area contributed by atoms with Crippen molar-refractivity contribution in [2.45, 2.75) is 0 Å². The minimum Gasteiger partial charge on any atom is -0.508 e. The maximum Gasteiger partial charge on any atom is 0.193 e. The first-order chi connectivity index (χ1) is 15.0. The molecular formula is C26H18O5. The molecule has 0 amide bonds. The van der Waals surface area contributed by atoms with Crippen molar-refractivity contribution in [3.63, 3.8) is 0 Å². The molecule has 4 rings (SSSR count). The molecule has 0 aliphatic rings. The highest BCUT2D eigenvalue weighted by molar-refractivity contribution is 6.09. The topological polar surface area (TPSA) is 83.8 Å². The summed E-state index contributed by atoms with van der Waals surface area (Å²) in [7, 11) is 0. The number of ketones is 2. The number of carbonyl (C=O) groups is 2. The van der Waals surface area contributed by atoms with E-state index in [2.05, 4.69) is 0 Å². The molecule has 0 heterocycles. The van der Waals surface area contributed by atoms with Crippen LogP contribution in [0.5, 0.6) is 23.0 Å². The van der Waals surface area contributed by atoms with Crippen LogP contribution in [0.3, 0.4) is 0 Å². The Morgan fingerprint density at radius 1 is 0.516 bits per heavy atom. The van der Waals surface area contributed by atoms with Gasteiger partial charge in [0.2, 0.25) is 0 Å². The molecule has 0 spiro atoms.